The maximum Gasteiger partial charge on any atom is 0.274 e. The third-order valence-corrected chi connectivity index (χ3v) is 3.55. The van der Waals surface area contributed by atoms with Crippen molar-refractivity contribution in [3.63, 3.8) is 0 Å². The van der Waals surface area contributed by atoms with Crippen LogP contribution in [-0.2, 0) is 0 Å². The lowest BCUT2D eigenvalue weighted by Gasteiger charge is -2.28. The number of hydrogen-bond donors (Lipinski definition) is 0. The summed E-state index contributed by atoms with van der Waals surface area (Å²) in [6.45, 7) is 3.45. The molecule has 2 heterocycles. The third kappa shape index (κ3) is 3.37. The fraction of sp³-hybridized carbons (Fsp3) is 0.250. The summed E-state index contributed by atoms with van der Waals surface area (Å²) in [5.74, 6) is 0.883. The lowest BCUT2D eigenvalue weighted by atomic mass is 10.2. The number of rotatable bonds is 3. The number of pyridine rings is 1. The van der Waals surface area contributed by atoms with E-state index in [0.29, 0.717) is 5.56 Å². The van der Waals surface area contributed by atoms with Crippen LogP contribution in [0.3, 0.4) is 0 Å². The largest absolute Gasteiger partial charge is 0.289 e. The van der Waals surface area contributed by atoms with Gasteiger partial charge in [-0.3, -0.25) is 9.91 Å². The van der Waals surface area contributed by atoms with E-state index in [1.165, 1.54) is 6.07 Å². The average molecular weight is 285 g/mol. The molecule has 0 spiro atoms. The summed E-state index contributed by atoms with van der Waals surface area (Å²) in [4.78, 5) is 5.52. The summed E-state index contributed by atoms with van der Waals surface area (Å²) < 4.78 is 13.5. The Hall–Kier alpha value is -2.43. The lowest BCUT2D eigenvalue weighted by Crippen LogP contribution is -2.45. The zero-order chi connectivity index (χ0) is 14.5. The average Bonchev–Trinajstić information content (AvgIpc) is 2.55. The van der Waals surface area contributed by atoms with Crippen LogP contribution in [0.5, 0.6) is 0 Å². The van der Waals surface area contributed by atoms with Crippen molar-refractivity contribution in [1.82, 2.24) is 5.01 Å². The van der Waals surface area contributed by atoms with Gasteiger partial charge in [-0.15, -0.1) is 0 Å². The first kappa shape index (κ1) is 13.5. The van der Waals surface area contributed by atoms with Crippen molar-refractivity contribution >= 4 is 12.0 Å². The molecule has 3 rings (SSSR count). The van der Waals surface area contributed by atoms with E-state index in [2.05, 4.69) is 21.1 Å². The summed E-state index contributed by atoms with van der Waals surface area (Å²) >= 11 is 0. The number of H-pyrrole nitrogens is 1. The number of halogens is 1. The molecule has 2 aromatic rings. The van der Waals surface area contributed by atoms with Gasteiger partial charge in [0.25, 0.3) is 5.82 Å². The Balaban J connectivity index is 1.58. The van der Waals surface area contributed by atoms with E-state index < -0.39 is 0 Å². The molecule has 1 aromatic carbocycles. The van der Waals surface area contributed by atoms with Crippen LogP contribution in [0.2, 0.25) is 0 Å². The molecule has 0 bridgehead atoms. The number of aromatic amines is 1. The Bertz CT molecular complexity index is 607. The predicted octanol–water partition coefficient (Wildman–Crippen LogP) is 1.80. The van der Waals surface area contributed by atoms with Crippen LogP contribution < -0.4 is 9.88 Å². The minimum atomic E-state index is -0.237. The summed E-state index contributed by atoms with van der Waals surface area (Å²) in [5.41, 5.74) is 0.524. The van der Waals surface area contributed by atoms with Gasteiger partial charge in [-0.25, -0.2) is 9.37 Å². The highest BCUT2D eigenvalue weighted by Crippen LogP contribution is 2.10. The van der Waals surface area contributed by atoms with Crippen LogP contribution in [0.25, 0.3) is 0 Å². The standard InChI is InChI=1S/C16H17FN4/c17-15-6-2-1-5-14(15)13-19-21-11-9-20(10-12-21)16-7-3-4-8-18-16/h1-8,13H,9-12H2/p+1. The van der Waals surface area contributed by atoms with E-state index in [0.717, 1.165) is 32.0 Å². The Morgan fingerprint density at radius 1 is 1.00 bits per heavy atom. The van der Waals surface area contributed by atoms with Crippen LogP contribution in [0.15, 0.2) is 53.8 Å². The molecule has 0 radical (unpaired) electrons. The molecule has 0 unspecified atom stereocenters. The number of piperazine rings is 1. The maximum atomic E-state index is 13.5. The molecule has 1 aliphatic rings. The predicted molar refractivity (Wildman–Crippen MR) is 80.8 cm³/mol. The lowest BCUT2D eigenvalue weighted by molar-refractivity contribution is -0.364. The smallest absolute Gasteiger partial charge is 0.274 e. The minimum absolute atomic E-state index is 0.237. The van der Waals surface area contributed by atoms with E-state index in [1.54, 1.807) is 18.3 Å². The van der Waals surface area contributed by atoms with Crippen molar-refractivity contribution in [3.8, 4) is 0 Å². The Morgan fingerprint density at radius 2 is 1.76 bits per heavy atom. The summed E-state index contributed by atoms with van der Waals surface area (Å²) in [6, 6.07) is 12.7. The van der Waals surface area contributed by atoms with Gasteiger partial charge in [-0.1, -0.05) is 24.3 Å². The van der Waals surface area contributed by atoms with Crippen LogP contribution in [0.4, 0.5) is 10.2 Å². The number of aromatic nitrogens is 1. The molecule has 0 aliphatic carbocycles. The SMILES string of the molecule is Fc1ccccc1C=NN1CCN(c2cccc[nH+]2)CC1. The van der Waals surface area contributed by atoms with Gasteiger partial charge in [0, 0.05) is 11.6 Å². The molecule has 5 heteroatoms. The molecule has 1 aliphatic heterocycles. The highest BCUT2D eigenvalue weighted by Gasteiger charge is 2.21. The second-order valence-corrected chi connectivity index (χ2v) is 4.95. The highest BCUT2D eigenvalue weighted by molar-refractivity contribution is 5.79. The quantitative estimate of drug-likeness (QED) is 0.806. The number of nitrogens with zero attached hydrogens (tertiary/aromatic N) is 3. The van der Waals surface area contributed by atoms with Crippen molar-refractivity contribution in [1.29, 1.82) is 0 Å². The molecule has 1 fully saturated rings. The summed E-state index contributed by atoms with van der Waals surface area (Å²) in [5, 5.41) is 6.35. The van der Waals surface area contributed by atoms with Gasteiger partial charge in [0.15, 0.2) is 0 Å². The first-order valence-electron chi connectivity index (χ1n) is 7.08. The van der Waals surface area contributed by atoms with Crippen molar-refractivity contribution in [2.75, 3.05) is 31.1 Å². The Morgan fingerprint density at radius 3 is 2.48 bits per heavy atom. The molecule has 1 aromatic heterocycles. The normalized spacial score (nSPS) is 15.7. The molecule has 0 saturated carbocycles. The third-order valence-electron chi connectivity index (χ3n) is 3.55. The van der Waals surface area contributed by atoms with E-state index in [4.69, 9.17) is 0 Å². The Kier molecular flexibility index (Phi) is 4.09. The summed E-state index contributed by atoms with van der Waals surface area (Å²) in [6.07, 6.45) is 3.53. The second-order valence-electron chi connectivity index (χ2n) is 4.95. The van der Waals surface area contributed by atoms with Gasteiger partial charge >= 0.3 is 0 Å². The number of hydrazone groups is 1. The molecule has 0 atom stereocenters. The van der Waals surface area contributed by atoms with Crippen molar-refractivity contribution in [2.45, 2.75) is 0 Å². The zero-order valence-electron chi connectivity index (χ0n) is 11.7. The number of hydrogen-bond acceptors (Lipinski definition) is 3. The number of nitrogens with one attached hydrogen (secondary N) is 1. The fourth-order valence-electron chi connectivity index (χ4n) is 2.36. The fourth-order valence-corrected chi connectivity index (χ4v) is 2.36. The van der Waals surface area contributed by atoms with Crippen molar-refractivity contribution < 1.29 is 9.37 Å². The van der Waals surface area contributed by atoms with Gasteiger partial charge in [0.2, 0.25) is 0 Å². The maximum absolute atomic E-state index is 13.5. The monoisotopic (exact) mass is 285 g/mol. The van der Waals surface area contributed by atoms with Gasteiger partial charge in [-0.2, -0.15) is 5.10 Å². The van der Waals surface area contributed by atoms with Gasteiger partial charge in [0.1, 0.15) is 18.9 Å². The van der Waals surface area contributed by atoms with Crippen molar-refractivity contribution in [3.05, 3.63) is 60.0 Å². The van der Waals surface area contributed by atoms with Crippen LogP contribution in [-0.4, -0.2) is 37.4 Å². The Labute approximate surface area is 123 Å². The molecule has 0 amide bonds. The highest BCUT2D eigenvalue weighted by atomic mass is 19.1. The van der Waals surface area contributed by atoms with Crippen LogP contribution in [0, 0.1) is 5.82 Å². The minimum Gasteiger partial charge on any atom is -0.289 e. The first-order valence-corrected chi connectivity index (χ1v) is 7.08. The molecule has 4 nitrogen and oxygen atoms in total. The van der Waals surface area contributed by atoms with E-state index in [-0.39, 0.29) is 5.82 Å². The van der Waals surface area contributed by atoms with Gasteiger partial charge in [0.05, 0.1) is 25.5 Å². The molecule has 108 valence electrons. The van der Waals surface area contributed by atoms with Gasteiger partial charge in [-0.05, 0) is 12.1 Å². The number of anilines is 1. The topological polar surface area (TPSA) is 33.0 Å². The van der Waals surface area contributed by atoms with Crippen LogP contribution in [0.1, 0.15) is 5.56 Å². The van der Waals surface area contributed by atoms with Gasteiger partial charge < -0.3 is 0 Å². The molecular formula is C16H18FN4+. The summed E-state index contributed by atoms with van der Waals surface area (Å²) in [7, 11) is 0. The number of benzene rings is 1. The molecule has 1 N–H and O–H groups in total. The molecular weight excluding hydrogens is 267 g/mol. The van der Waals surface area contributed by atoms with Crippen molar-refractivity contribution in [2.24, 2.45) is 5.10 Å². The zero-order valence-corrected chi connectivity index (χ0v) is 11.7. The van der Waals surface area contributed by atoms with E-state index in [1.807, 2.05) is 29.4 Å². The van der Waals surface area contributed by atoms with E-state index in [9.17, 15) is 4.39 Å². The first-order chi connectivity index (χ1) is 10.3. The van der Waals surface area contributed by atoms with Crippen LogP contribution >= 0.6 is 0 Å². The molecule has 1 saturated heterocycles. The molecule has 21 heavy (non-hydrogen) atoms. The second kappa shape index (κ2) is 6.35. The van der Waals surface area contributed by atoms with E-state index >= 15 is 0 Å².